The Morgan fingerprint density at radius 2 is 1.85 bits per heavy atom. The van der Waals surface area contributed by atoms with Crippen LogP contribution in [-0.4, -0.2) is 12.1 Å². The van der Waals surface area contributed by atoms with Crippen molar-refractivity contribution < 1.29 is 4.79 Å². The maximum Gasteiger partial charge on any atom is 0.340 e. The molecule has 3 nitrogen and oxygen atoms in total. The van der Waals surface area contributed by atoms with Crippen molar-refractivity contribution in [2.24, 2.45) is 0 Å². The van der Waals surface area contributed by atoms with E-state index in [-0.39, 0.29) is 6.04 Å². The lowest BCUT2D eigenvalue weighted by Gasteiger charge is -2.23. The van der Waals surface area contributed by atoms with Crippen LogP contribution in [-0.2, 0) is 0 Å². The second-order valence-corrected chi connectivity index (χ2v) is 3.10. The topological polar surface area (TPSA) is 44.1 Å². The van der Waals surface area contributed by atoms with E-state index in [1.165, 1.54) is 4.90 Å². The van der Waals surface area contributed by atoms with Gasteiger partial charge in [0.2, 0.25) is 0 Å². The molecule has 3 heteroatoms. The number of hydrogen-bond acceptors (Lipinski definition) is 1. The summed E-state index contributed by atoms with van der Waals surface area (Å²) in [6.07, 6.45) is 0. The molecule has 0 heterocycles. The molecular formula is C10H13N2O. The number of nitrogens with one attached hydrogen (secondary N) is 1. The maximum absolute atomic E-state index is 11.0. The number of rotatable bonds is 2. The molecule has 0 aliphatic heterocycles. The number of urea groups is 1. The van der Waals surface area contributed by atoms with Crippen LogP contribution in [0.4, 0.5) is 10.5 Å². The van der Waals surface area contributed by atoms with Crippen molar-refractivity contribution >= 4 is 11.7 Å². The first-order valence-corrected chi connectivity index (χ1v) is 4.22. The van der Waals surface area contributed by atoms with Crippen LogP contribution in [0.25, 0.3) is 0 Å². The minimum absolute atomic E-state index is 0.0207. The van der Waals surface area contributed by atoms with E-state index in [0.717, 1.165) is 5.69 Å². The molecule has 0 unspecified atom stereocenters. The van der Waals surface area contributed by atoms with Crippen molar-refractivity contribution in [2.75, 3.05) is 4.90 Å². The van der Waals surface area contributed by atoms with Gasteiger partial charge >= 0.3 is 6.03 Å². The number of hydrogen-bond donors (Lipinski definition) is 0. The number of anilines is 1. The van der Waals surface area contributed by atoms with Crippen LogP contribution in [0.2, 0.25) is 0 Å². The Kier molecular flexibility index (Phi) is 2.90. The van der Waals surface area contributed by atoms with E-state index in [4.69, 9.17) is 5.73 Å². The molecule has 1 radical (unpaired) electrons. The number of nitrogens with zero attached hydrogens (tertiary/aromatic N) is 1. The third-order valence-electron chi connectivity index (χ3n) is 1.77. The summed E-state index contributed by atoms with van der Waals surface area (Å²) in [6.45, 7) is 3.78. The van der Waals surface area contributed by atoms with E-state index >= 15 is 0 Å². The molecule has 1 N–H and O–H groups in total. The maximum atomic E-state index is 11.0. The number of carbonyl (C=O) groups is 1. The molecule has 13 heavy (non-hydrogen) atoms. The lowest BCUT2D eigenvalue weighted by molar-refractivity contribution is 0.251. The lowest BCUT2D eigenvalue weighted by Crippen LogP contribution is -2.36. The molecule has 0 aliphatic rings. The van der Waals surface area contributed by atoms with Gasteiger partial charge in [-0.15, -0.1) is 0 Å². The van der Waals surface area contributed by atoms with Crippen molar-refractivity contribution in [1.82, 2.24) is 5.73 Å². The van der Waals surface area contributed by atoms with Crippen molar-refractivity contribution in [1.29, 1.82) is 0 Å². The molecule has 0 saturated heterocycles. The highest BCUT2D eigenvalue weighted by Crippen LogP contribution is 2.15. The van der Waals surface area contributed by atoms with Crippen LogP contribution < -0.4 is 10.6 Å². The first-order valence-electron chi connectivity index (χ1n) is 4.22. The summed E-state index contributed by atoms with van der Waals surface area (Å²) in [4.78, 5) is 12.4. The lowest BCUT2D eigenvalue weighted by atomic mass is 10.2. The molecule has 69 valence electrons. The summed E-state index contributed by atoms with van der Waals surface area (Å²) in [6, 6.07) is 8.60. The van der Waals surface area contributed by atoms with Crippen molar-refractivity contribution in [2.45, 2.75) is 19.9 Å². The van der Waals surface area contributed by atoms with E-state index in [1.54, 1.807) is 0 Å². The molecular weight excluding hydrogens is 164 g/mol. The number of amides is 2. The highest BCUT2D eigenvalue weighted by molar-refractivity contribution is 5.90. The predicted molar refractivity (Wildman–Crippen MR) is 52.5 cm³/mol. The van der Waals surface area contributed by atoms with E-state index in [9.17, 15) is 4.79 Å². The van der Waals surface area contributed by atoms with E-state index in [2.05, 4.69) is 0 Å². The van der Waals surface area contributed by atoms with Gasteiger partial charge in [0.25, 0.3) is 0 Å². The molecule has 0 aromatic heterocycles. The van der Waals surface area contributed by atoms with Crippen LogP contribution in [0, 0.1) is 0 Å². The third kappa shape index (κ3) is 2.21. The minimum Gasteiger partial charge on any atom is -0.291 e. The van der Waals surface area contributed by atoms with Crippen LogP contribution in [0.1, 0.15) is 13.8 Å². The normalized spacial score (nSPS) is 10.1. The van der Waals surface area contributed by atoms with E-state index in [1.807, 2.05) is 44.2 Å². The third-order valence-corrected chi connectivity index (χ3v) is 1.77. The SMILES string of the molecule is CC(C)N(C([NH])=O)c1ccccc1. The average molecular weight is 177 g/mol. The summed E-state index contributed by atoms with van der Waals surface area (Å²) in [5, 5.41) is 0. The molecule has 0 bridgehead atoms. The monoisotopic (exact) mass is 177 g/mol. The molecule has 2 amide bonds. The summed E-state index contributed by atoms with van der Waals surface area (Å²) in [5.41, 5.74) is 7.87. The first kappa shape index (κ1) is 9.58. The molecule has 0 saturated carbocycles. The Labute approximate surface area is 78.2 Å². The van der Waals surface area contributed by atoms with Gasteiger partial charge in [0.05, 0.1) is 0 Å². The number of carbonyl (C=O) groups excluding carboxylic acids is 1. The van der Waals surface area contributed by atoms with E-state index in [0.29, 0.717) is 0 Å². The summed E-state index contributed by atoms with van der Waals surface area (Å²) in [5.74, 6) is 0. The molecule has 1 aromatic rings. The van der Waals surface area contributed by atoms with Gasteiger partial charge in [-0.1, -0.05) is 18.2 Å². The zero-order chi connectivity index (χ0) is 9.84. The Bertz CT molecular complexity index is 282. The van der Waals surface area contributed by atoms with Gasteiger partial charge in [0.1, 0.15) is 0 Å². The Hall–Kier alpha value is -1.51. The Balaban J connectivity index is 2.96. The molecule has 1 aromatic carbocycles. The summed E-state index contributed by atoms with van der Waals surface area (Å²) >= 11 is 0. The van der Waals surface area contributed by atoms with Crippen LogP contribution in [0.3, 0.4) is 0 Å². The van der Waals surface area contributed by atoms with Gasteiger partial charge in [0, 0.05) is 11.7 Å². The second kappa shape index (κ2) is 3.94. The smallest absolute Gasteiger partial charge is 0.291 e. The molecule has 0 fully saturated rings. The fourth-order valence-electron chi connectivity index (χ4n) is 1.24. The first-order chi connectivity index (χ1) is 6.13. The zero-order valence-electron chi connectivity index (χ0n) is 7.82. The zero-order valence-corrected chi connectivity index (χ0v) is 7.82. The van der Waals surface area contributed by atoms with Gasteiger partial charge in [-0.3, -0.25) is 4.90 Å². The average Bonchev–Trinajstić information content (AvgIpc) is 2.04. The molecule has 0 atom stereocenters. The highest BCUT2D eigenvalue weighted by atomic mass is 16.2. The quantitative estimate of drug-likeness (QED) is 0.683. The van der Waals surface area contributed by atoms with Crippen LogP contribution >= 0.6 is 0 Å². The number of para-hydroxylation sites is 1. The van der Waals surface area contributed by atoms with Crippen molar-refractivity contribution in [3.05, 3.63) is 30.3 Å². The Morgan fingerprint density at radius 1 is 1.31 bits per heavy atom. The largest absolute Gasteiger partial charge is 0.340 e. The van der Waals surface area contributed by atoms with Gasteiger partial charge in [-0.25, -0.2) is 10.5 Å². The highest BCUT2D eigenvalue weighted by Gasteiger charge is 2.15. The van der Waals surface area contributed by atoms with E-state index < -0.39 is 6.03 Å². The molecule has 0 aliphatic carbocycles. The standard InChI is InChI=1S/C10H13N2O/c1-8(2)12(10(11)13)9-6-4-3-5-7-9/h3-8,11H,1-2H3. The fraction of sp³-hybridized carbons (Fsp3) is 0.300. The second-order valence-electron chi connectivity index (χ2n) is 3.10. The van der Waals surface area contributed by atoms with Crippen molar-refractivity contribution in [3.8, 4) is 0 Å². The predicted octanol–water partition coefficient (Wildman–Crippen LogP) is 2.30. The van der Waals surface area contributed by atoms with Crippen LogP contribution in [0.5, 0.6) is 0 Å². The minimum atomic E-state index is -0.666. The fourth-order valence-corrected chi connectivity index (χ4v) is 1.24. The summed E-state index contributed by atoms with van der Waals surface area (Å²) in [7, 11) is 0. The number of benzene rings is 1. The molecule has 1 rings (SSSR count). The van der Waals surface area contributed by atoms with Gasteiger partial charge in [0.15, 0.2) is 0 Å². The van der Waals surface area contributed by atoms with Gasteiger partial charge < -0.3 is 0 Å². The van der Waals surface area contributed by atoms with Crippen LogP contribution in [0.15, 0.2) is 30.3 Å². The van der Waals surface area contributed by atoms with Gasteiger partial charge in [-0.2, -0.15) is 0 Å². The summed E-state index contributed by atoms with van der Waals surface area (Å²) < 4.78 is 0. The molecule has 0 spiro atoms. The Morgan fingerprint density at radius 3 is 2.23 bits per heavy atom. The van der Waals surface area contributed by atoms with Gasteiger partial charge in [-0.05, 0) is 26.0 Å². The van der Waals surface area contributed by atoms with Crippen molar-refractivity contribution in [3.63, 3.8) is 0 Å².